The average Bonchev–Trinajstić information content (AvgIpc) is 2.87. The molecule has 2 rings (SSSR count). The smallest absolute Gasteiger partial charge is 0.323 e. The Morgan fingerprint density at radius 3 is 2.71 bits per heavy atom. The van der Waals surface area contributed by atoms with E-state index in [9.17, 15) is 4.79 Å². The third kappa shape index (κ3) is 3.41. The van der Waals surface area contributed by atoms with Crippen LogP contribution in [0.1, 0.15) is 12.5 Å². The summed E-state index contributed by atoms with van der Waals surface area (Å²) in [5, 5.41) is 16.2. The van der Waals surface area contributed by atoms with Gasteiger partial charge in [-0.2, -0.15) is 0 Å². The Morgan fingerprint density at radius 2 is 2.10 bits per heavy atom. The van der Waals surface area contributed by atoms with Crippen molar-refractivity contribution in [2.24, 2.45) is 0 Å². The summed E-state index contributed by atoms with van der Waals surface area (Å²) in [5.74, 6) is 0.515. The van der Waals surface area contributed by atoms with Gasteiger partial charge in [0.15, 0.2) is 5.82 Å². The highest BCUT2D eigenvalue weighted by atomic mass is 16.3. The van der Waals surface area contributed by atoms with Crippen molar-refractivity contribution in [2.75, 3.05) is 19.0 Å². The molecule has 2 amide bonds. The Bertz CT molecular complexity index is 609. The van der Waals surface area contributed by atoms with Gasteiger partial charge in [0.25, 0.3) is 0 Å². The molecule has 0 bridgehead atoms. The van der Waals surface area contributed by atoms with Crippen molar-refractivity contribution in [2.45, 2.75) is 19.9 Å². The summed E-state index contributed by atoms with van der Waals surface area (Å²) in [6.45, 7) is 3.58. The minimum Gasteiger partial charge on any atom is -0.394 e. The van der Waals surface area contributed by atoms with Crippen LogP contribution in [-0.2, 0) is 0 Å². The van der Waals surface area contributed by atoms with E-state index < -0.39 is 0 Å². The number of aliphatic hydroxyl groups is 1. The number of anilines is 1. The number of nitrogens with zero attached hydrogens (tertiary/aromatic N) is 3. The van der Waals surface area contributed by atoms with Crippen molar-refractivity contribution in [3.63, 3.8) is 0 Å². The molecule has 0 aliphatic rings. The van der Waals surface area contributed by atoms with E-state index in [4.69, 9.17) is 5.11 Å². The van der Waals surface area contributed by atoms with Crippen molar-refractivity contribution >= 4 is 11.8 Å². The zero-order chi connectivity index (χ0) is 15.4. The maximum Gasteiger partial charge on any atom is 0.323 e. The largest absolute Gasteiger partial charge is 0.394 e. The van der Waals surface area contributed by atoms with Crippen LogP contribution in [0.15, 0.2) is 36.5 Å². The summed E-state index contributed by atoms with van der Waals surface area (Å²) in [5.41, 5.74) is 1.80. The molecule has 1 aromatic heterocycles. The maximum absolute atomic E-state index is 12.1. The van der Waals surface area contributed by atoms with Crippen molar-refractivity contribution in [3.8, 4) is 5.69 Å². The van der Waals surface area contributed by atoms with Gasteiger partial charge in [-0.15, -0.1) is 5.10 Å². The highest BCUT2D eigenvalue weighted by Gasteiger charge is 2.17. The lowest BCUT2D eigenvalue weighted by Gasteiger charge is -2.22. The average molecular weight is 288 g/mol. The Kier molecular flexibility index (Phi) is 4.59. The second kappa shape index (κ2) is 6.41. The Hall–Kier alpha value is -2.34. The number of hydrogen-bond acceptors (Lipinski definition) is 3. The molecule has 1 heterocycles. The van der Waals surface area contributed by atoms with Crippen molar-refractivity contribution in [1.82, 2.24) is 14.7 Å². The number of aliphatic hydroxyl groups excluding tert-OH is 1. The lowest BCUT2D eigenvalue weighted by molar-refractivity contribution is 0.166. The van der Waals surface area contributed by atoms with Crippen molar-refractivity contribution < 1.29 is 9.90 Å². The summed E-state index contributed by atoms with van der Waals surface area (Å²) < 4.78 is 1.72. The summed E-state index contributed by atoms with van der Waals surface area (Å²) in [6, 6.07) is 9.14. The van der Waals surface area contributed by atoms with E-state index in [1.807, 2.05) is 43.5 Å². The van der Waals surface area contributed by atoms with Crippen LogP contribution in [0.4, 0.5) is 10.6 Å². The molecule has 0 radical (unpaired) electrons. The molecule has 0 saturated carbocycles. The number of aryl methyl sites for hydroxylation is 1. The van der Waals surface area contributed by atoms with E-state index in [0.717, 1.165) is 11.3 Å². The van der Waals surface area contributed by atoms with Gasteiger partial charge in [0, 0.05) is 18.8 Å². The van der Waals surface area contributed by atoms with Gasteiger partial charge >= 0.3 is 6.03 Å². The van der Waals surface area contributed by atoms with E-state index in [-0.39, 0.29) is 18.7 Å². The van der Waals surface area contributed by atoms with Gasteiger partial charge in [-0.05, 0) is 26.0 Å². The second-order valence-corrected chi connectivity index (χ2v) is 5.01. The molecule has 0 aliphatic carbocycles. The Morgan fingerprint density at radius 1 is 1.43 bits per heavy atom. The SMILES string of the molecule is Cc1cn(-c2ccccc2)nc1NC(=O)N(C)C(C)CO. The van der Waals surface area contributed by atoms with Crippen LogP contribution in [0.2, 0.25) is 0 Å². The summed E-state index contributed by atoms with van der Waals surface area (Å²) in [4.78, 5) is 13.5. The van der Waals surface area contributed by atoms with Crippen LogP contribution < -0.4 is 5.32 Å². The lowest BCUT2D eigenvalue weighted by atomic mass is 10.3. The lowest BCUT2D eigenvalue weighted by Crippen LogP contribution is -2.40. The summed E-state index contributed by atoms with van der Waals surface area (Å²) in [7, 11) is 1.64. The first-order valence-electron chi connectivity index (χ1n) is 6.79. The molecule has 2 aromatic rings. The van der Waals surface area contributed by atoms with E-state index in [1.165, 1.54) is 4.90 Å². The second-order valence-electron chi connectivity index (χ2n) is 5.01. The van der Waals surface area contributed by atoms with Crippen LogP contribution in [0.25, 0.3) is 5.69 Å². The molecular formula is C15H20N4O2. The molecule has 0 fully saturated rings. The van der Waals surface area contributed by atoms with Gasteiger partial charge in [0.2, 0.25) is 0 Å². The van der Waals surface area contributed by atoms with E-state index in [2.05, 4.69) is 10.4 Å². The topological polar surface area (TPSA) is 70.4 Å². The summed E-state index contributed by atoms with van der Waals surface area (Å²) in [6.07, 6.45) is 1.86. The van der Waals surface area contributed by atoms with Crippen molar-refractivity contribution in [3.05, 3.63) is 42.1 Å². The van der Waals surface area contributed by atoms with Gasteiger partial charge in [-0.3, -0.25) is 5.32 Å². The van der Waals surface area contributed by atoms with Crippen molar-refractivity contribution in [1.29, 1.82) is 0 Å². The number of carbonyl (C=O) groups is 1. The van der Waals surface area contributed by atoms with Crippen LogP contribution in [0.5, 0.6) is 0 Å². The molecule has 1 aromatic carbocycles. The monoisotopic (exact) mass is 288 g/mol. The Balaban J connectivity index is 2.15. The fourth-order valence-electron chi connectivity index (χ4n) is 1.81. The fourth-order valence-corrected chi connectivity index (χ4v) is 1.81. The van der Waals surface area contributed by atoms with E-state index in [1.54, 1.807) is 18.7 Å². The molecule has 0 saturated heterocycles. The number of para-hydroxylation sites is 1. The van der Waals surface area contributed by atoms with Gasteiger partial charge in [0.05, 0.1) is 18.3 Å². The minimum atomic E-state index is -0.294. The number of hydrogen-bond donors (Lipinski definition) is 2. The van der Waals surface area contributed by atoms with Gasteiger partial charge in [-0.25, -0.2) is 9.48 Å². The minimum absolute atomic E-state index is 0.0820. The molecule has 0 spiro atoms. The van der Waals surface area contributed by atoms with Crippen LogP contribution in [-0.4, -0.2) is 45.5 Å². The van der Waals surface area contributed by atoms with Crippen LogP contribution >= 0.6 is 0 Å². The van der Waals surface area contributed by atoms with Crippen LogP contribution in [0, 0.1) is 6.92 Å². The molecule has 6 nitrogen and oxygen atoms in total. The van der Waals surface area contributed by atoms with Gasteiger partial charge < -0.3 is 10.0 Å². The first-order chi connectivity index (χ1) is 10.0. The first kappa shape index (κ1) is 15.1. The molecule has 21 heavy (non-hydrogen) atoms. The molecule has 1 unspecified atom stereocenters. The standard InChI is InChI=1S/C15H20N4O2/c1-11-9-19(13-7-5-4-6-8-13)17-14(11)16-15(21)18(3)12(2)10-20/h4-9,12,20H,10H2,1-3H3,(H,16,17,21). The number of likely N-dealkylation sites (N-methyl/N-ethyl adjacent to an activating group) is 1. The zero-order valence-electron chi connectivity index (χ0n) is 12.4. The van der Waals surface area contributed by atoms with Gasteiger partial charge in [0.1, 0.15) is 0 Å². The number of benzene rings is 1. The van der Waals surface area contributed by atoms with Gasteiger partial charge in [-0.1, -0.05) is 18.2 Å². The van der Waals surface area contributed by atoms with Crippen LogP contribution in [0.3, 0.4) is 0 Å². The number of nitrogens with one attached hydrogen (secondary N) is 1. The number of aromatic nitrogens is 2. The molecule has 2 N–H and O–H groups in total. The maximum atomic E-state index is 12.1. The molecule has 0 aliphatic heterocycles. The predicted molar refractivity (Wildman–Crippen MR) is 81.6 cm³/mol. The molecular weight excluding hydrogens is 268 g/mol. The molecule has 6 heteroatoms. The number of carbonyl (C=O) groups excluding carboxylic acids is 1. The molecule has 112 valence electrons. The Labute approximate surface area is 124 Å². The predicted octanol–water partition coefficient (Wildman–Crippen LogP) is 2.03. The van der Waals surface area contributed by atoms with E-state index >= 15 is 0 Å². The zero-order valence-corrected chi connectivity index (χ0v) is 12.4. The number of amides is 2. The third-order valence-electron chi connectivity index (χ3n) is 3.39. The normalized spacial score (nSPS) is 12.0. The third-order valence-corrected chi connectivity index (χ3v) is 3.39. The fraction of sp³-hybridized carbons (Fsp3) is 0.333. The quantitative estimate of drug-likeness (QED) is 0.904. The number of rotatable bonds is 4. The molecule has 1 atom stereocenters. The highest BCUT2D eigenvalue weighted by Crippen LogP contribution is 2.16. The highest BCUT2D eigenvalue weighted by molar-refractivity contribution is 5.89. The first-order valence-corrected chi connectivity index (χ1v) is 6.79. The van der Waals surface area contributed by atoms with E-state index in [0.29, 0.717) is 5.82 Å². The number of urea groups is 1. The summed E-state index contributed by atoms with van der Waals surface area (Å²) >= 11 is 0.